The number of anilines is 1. The van der Waals surface area contributed by atoms with Crippen molar-refractivity contribution in [3.8, 4) is 0 Å². The van der Waals surface area contributed by atoms with Crippen LogP contribution in [0.5, 0.6) is 0 Å². The van der Waals surface area contributed by atoms with Crippen LogP contribution in [0.15, 0.2) is 35.1 Å². The number of fused-ring (bicyclic) bond motifs is 1. The standard InChI is InChI=1S/C17H18FN5O2S/c1-3-15-21-23-16(25)8-13(20-17(23)26-15)9-22(2)10-14(24)19-12-6-4-11(18)5-7-12/h4-8H,3,9-10H2,1-2H3,(H,19,24). The van der Waals surface area contributed by atoms with Crippen LogP contribution in [-0.4, -0.2) is 39.0 Å². The average Bonchev–Trinajstić information content (AvgIpc) is 3.00. The predicted octanol–water partition coefficient (Wildman–Crippen LogP) is 1.92. The van der Waals surface area contributed by atoms with Gasteiger partial charge in [-0.15, -0.1) is 0 Å². The van der Waals surface area contributed by atoms with Crippen LogP contribution >= 0.6 is 11.3 Å². The minimum atomic E-state index is -0.359. The van der Waals surface area contributed by atoms with E-state index in [1.165, 1.54) is 46.2 Å². The molecule has 9 heteroatoms. The number of nitrogens with one attached hydrogen (secondary N) is 1. The topological polar surface area (TPSA) is 79.6 Å². The van der Waals surface area contributed by atoms with Gasteiger partial charge in [0.2, 0.25) is 10.9 Å². The molecule has 1 amide bonds. The molecule has 0 bridgehead atoms. The zero-order chi connectivity index (χ0) is 18.7. The molecule has 0 spiro atoms. The number of halogens is 1. The Morgan fingerprint density at radius 1 is 1.35 bits per heavy atom. The van der Waals surface area contributed by atoms with Crippen LogP contribution in [-0.2, 0) is 17.8 Å². The Morgan fingerprint density at radius 2 is 2.08 bits per heavy atom. The lowest BCUT2D eigenvalue weighted by atomic mass is 10.3. The maximum Gasteiger partial charge on any atom is 0.275 e. The fourth-order valence-corrected chi connectivity index (χ4v) is 3.29. The van der Waals surface area contributed by atoms with Gasteiger partial charge in [0.15, 0.2) is 0 Å². The van der Waals surface area contributed by atoms with Crippen molar-refractivity contribution in [3.63, 3.8) is 0 Å². The number of aromatic nitrogens is 3. The summed E-state index contributed by atoms with van der Waals surface area (Å²) >= 11 is 1.38. The number of hydrogen-bond acceptors (Lipinski definition) is 6. The van der Waals surface area contributed by atoms with Gasteiger partial charge in [0.1, 0.15) is 10.8 Å². The van der Waals surface area contributed by atoms with Gasteiger partial charge in [0, 0.05) is 18.3 Å². The number of hydrogen-bond donors (Lipinski definition) is 1. The molecule has 0 saturated carbocycles. The van der Waals surface area contributed by atoms with Crippen molar-refractivity contribution >= 4 is 27.9 Å². The van der Waals surface area contributed by atoms with Crippen LogP contribution in [0.1, 0.15) is 17.6 Å². The third kappa shape index (κ3) is 4.30. The average molecular weight is 375 g/mol. The van der Waals surface area contributed by atoms with Gasteiger partial charge in [-0.1, -0.05) is 18.3 Å². The Kier molecular flexibility index (Phi) is 5.38. The van der Waals surface area contributed by atoms with Gasteiger partial charge in [-0.2, -0.15) is 9.61 Å². The number of rotatable bonds is 6. The number of amides is 1. The minimum Gasteiger partial charge on any atom is -0.325 e. The first-order chi connectivity index (χ1) is 12.4. The Hall–Kier alpha value is -2.65. The lowest BCUT2D eigenvalue weighted by molar-refractivity contribution is -0.117. The zero-order valence-electron chi connectivity index (χ0n) is 14.4. The van der Waals surface area contributed by atoms with Crippen molar-refractivity contribution in [2.75, 3.05) is 18.9 Å². The molecule has 0 saturated heterocycles. The molecule has 0 unspecified atom stereocenters. The molecule has 1 aromatic carbocycles. The van der Waals surface area contributed by atoms with Crippen LogP contribution in [0.2, 0.25) is 0 Å². The van der Waals surface area contributed by atoms with Crippen LogP contribution in [0.25, 0.3) is 4.96 Å². The Labute approximate surface area is 153 Å². The summed E-state index contributed by atoms with van der Waals surface area (Å²) in [4.78, 5) is 31.0. The molecule has 2 aromatic heterocycles. The second-order valence-corrected chi connectivity index (χ2v) is 6.90. The second-order valence-electron chi connectivity index (χ2n) is 5.86. The fraction of sp³-hybridized carbons (Fsp3) is 0.294. The molecular weight excluding hydrogens is 357 g/mol. The van der Waals surface area contributed by atoms with Gasteiger partial charge >= 0.3 is 0 Å². The van der Waals surface area contributed by atoms with Gasteiger partial charge in [0.05, 0.1) is 12.2 Å². The smallest absolute Gasteiger partial charge is 0.275 e. The van der Waals surface area contributed by atoms with Crippen molar-refractivity contribution in [3.05, 3.63) is 57.2 Å². The lowest BCUT2D eigenvalue weighted by Gasteiger charge is -2.15. The molecule has 0 atom stereocenters. The molecule has 2 heterocycles. The maximum atomic E-state index is 12.9. The molecule has 3 rings (SSSR count). The van der Waals surface area contributed by atoms with Gasteiger partial charge in [0.25, 0.3) is 5.56 Å². The molecular formula is C17H18FN5O2S. The zero-order valence-corrected chi connectivity index (χ0v) is 15.2. The first-order valence-electron chi connectivity index (χ1n) is 8.07. The normalized spacial score (nSPS) is 11.2. The summed E-state index contributed by atoms with van der Waals surface area (Å²) in [6.45, 7) is 2.43. The molecule has 26 heavy (non-hydrogen) atoms. The highest BCUT2D eigenvalue weighted by Crippen LogP contribution is 2.12. The summed E-state index contributed by atoms with van der Waals surface area (Å²) in [6.07, 6.45) is 0.742. The van der Waals surface area contributed by atoms with Crippen LogP contribution < -0.4 is 10.9 Å². The predicted molar refractivity (Wildman–Crippen MR) is 97.9 cm³/mol. The number of nitrogens with zero attached hydrogens (tertiary/aromatic N) is 4. The highest BCUT2D eigenvalue weighted by atomic mass is 32.1. The molecule has 0 aliphatic heterocycles. The number of aryl methyl sites for hydroxylation is 1. The molecule has 3 aromatic rings. The Balaban J connectivity index is 1.64. The van der Waals surface area contributed by atoms with E-state index in [2.05, 4.69) is 15.4 Å². The van der Waals surface area contributed by atoms with Crippen molar-refractivity contribution in [1.29, 1.82) is 0 Å². The van der Waals surface area contributed by atoms with E-state index in [-0.39, 0.29) is 23.8 Å². The largest absolute Gasteiger partial charge is 0.325 e. The number of likely N-dealkylation sites (N-methyl/N-ethyl adjacent to an activating group) is 1. The number of benzene rings is 1. The highest BCUT2D eigenvalue weighted by Gasteiger charge is 2.12. The Morgan fingerprint density at radius 3 is 2.77 bits per heavy atom. The molecule has 1 N–H and O–H groups in total. The van der Waals surface area contributed by atoms with E-state index in [1.807, 2.05) is 6.92 Å². The van der Waals surface area contributed by atoms with E-state index >= 15 is 0 Å². The van der Waals surface area contributed by atoms with E-state index in [1.54, 1.807) is 11.9 Å². The van der Waals surface area contributed by atoms with Crippen molar-refractivity contribution in [1.82, 2.24) is 19.5 Å². The summed E-state index contributed by atoms with van der Waals surface area (Å²) in [7, 11) is 1.76. The molecule has 136 valence electrons. The Bertz CT molecular complexity index is 983. The third-order valence-electron chi connectivity index (χ3n) is 3.62. The molecule has 0 radical (unpaired) electrons. The van der Waals surface area contributed by atoms with E-state index in [4.69, 9.17) is 0 Å². The molecule has 0 fully saturated rings. The third-order valence-corrected chi connectivity index (χ3v) is 4.67. The highest BCUT2D eigenvalue weighted by molar-refractivity contribution is 7.16. The van der Waals surface area contributed by atoms with E-state index < -0.39 is 0 Å². The molecule has 7 nitrogen and oxygen atoms in total. The van der Waals surface area contributed by atoms with E-state index in [9.17, 15) is 14.0 Å². The van der Waals surface area contributed by atoms with Crippen molar-refractivity contribution < 1.29 is 9.18 Å². The lowest BCUT2D eigenvalue weighted by Crippen LogP contribution is -2.30. The fourth-order valence-electron chi connectivity index (χ4n) is 2.43. The SMILES string of the molecule is CCc1nn2c(=O)cc(CN(C)CC(=O)Nc3ccc(F)cc3)nc2s1. The number of carbonyl (C=O) groups is 1. The first-order valence-corrected chi connectivity index (χ1v) is 8.89. The van der Waals surface area contributed by atoms with E-state index in [0.29, 0.717) is 22.9 Å². The summed E-state index contributed by atoms with van der Waals surface area (Å²) in [5.41, 5.74) is 0.878. The number of carbonyl (C=O) groups excluding carboxylic acids is 1. The van der Waals surface area contributed by atoms with Crippen LogP contribution in [0, 0.1) is 5.82 Å². The van der Waals surface area contributed by atoms with Crippen LogP contribution in [0.4, 0.5) is 10.1 Å². The van der Waals surface area contributed by atoms with Gasteiger partial charge in [-0.3, -0.25) is 14.5 Å². The van der Waals surface area contributed by atoms with Crippen LogP contribution in [0.3, 0.4) is 0 Å². The van der Waals surface area contributed by atoms with E-state index in [0.717, 1.165) is 11.4 Å². The van der Waals surface area contributed by atoms with Gasteiger partial charge in [-0.25, -0.2) is 9.37 Å². The molecule has 0 aliphatic rings. The monoisotopic (exact) mass is 375 g/mol. The van der Waals surface area contributed by atoms with Gasteiger partial charge in [-0.05, 0) is 37.7 Å². The minimum absolute atomic E-state index is 0.112. The second kappa shape index (κ2) is 7.71. The summed E-state index contributed by atoms with van der Waals surface area (Å²) in [5, 5.41) is 7.75. The first kappa shape index (κ1) is 18.2. The van der Waals surface area contributed by atoms with Crippen molar-refractivity contribution in [2.45, 2.75) is 19.9 Å². The quantitative estimate of drug-likeness (QED) is 0.712. The maximum absolute atomic E-state index is 12.9. The summed E-state index contributed by atoms with van der Waals surface area (Å²) in [5.74, 6) is -0.592. The molecule has 0 aliphatic carbocycles. The summed E-state index contributed by atoms with van der Waals surface area (Å²) in [6, 6.07) is 7.00. The summed E-state index contributed by atoms with van der Waals surface area (Å²) < 4.78 is 14.2. The van der Waals surface area contributed by atoms with Crippen molar-refractivity contribution in [2.24, 2.45) is 0 Å². The van der Waals surface area contributed by atoms with Gasteiger partial charge < -0.3 is 5.32 Å².